The molecule has 0 fully saturated rings. The van der Waals surface area contributed by atoms with E-state index in [9.17, 15) is 9.59 Å². The van der Waals surface area contributed by atoms with E-state index in [1.165, 1.54) is 7.11 Å². The maximum absolute atomic E-state index is 12.0. The first kappa shape index (κ1) is 15.3. The fraction of sp³-hybridized carbons (Fsp3) is 0.571. The topological polar surface area (TPSA) is 59.8 Å². The smallest absolute Gasteiger partial charge is 0.341 e. The molecule has 1 amide bonds. The van der Waals surface area contributed by atoms with Gasteiger partial charge in [-0.05, 0) is 19.4 Å². The van der Waals surface area contributed by atoms with Gasteiger partial charge in [0.05, 0.1) is 13.7 Å². The molecule has 0 aliphatic carbocycles. The summed E-state index contributed by atoms with van der Waals surface area (Å²) in [5, 5.41) is 0. The van der Waals surface area contributed by atoms with Crippen LogP contribution in [0.25, 0.3) is 0 Å². The number of aryl methyl sites for hydroxylation is 1. The predicted molar refractivity (Wildman–Crippen MR) is 70.7 cm³/mol. The Kier molecular flexibility index (Phi) is 5.15. The SMILES string of the molecule is CCC(C)C(=O)N(C)Cc1cc(C(=O)OC)c(C)o1. The normalized spacial score (nSPS) is 12.1. The molecule has 5 heteroatoms. The molecule has 1 aromatic rings. The maximum atomic E-state index is 12.0. The monoisotopic (exact) mass is 267 g/mol. The van der Waals surface area contributed by atoms with Gasteiger partial charge in [0.15, 0.2) is 0 Å². The molecule has 1 aromatic heterocycles. The number of hydrogen-bond acceptors (Lipinski definition) is 4. The first-order valence-electron chi connectivity index (χ1n) is 6.33. The lowest BCUT2D eigenvalue weighted by Gasteiger charge is -2.19. The van der Waals surface area contributed by atoms with Crippen molar-refractivity contribution in [3.63, 3.8) is 0 Å². The van der Waals surface area contributed by atoms with E-state index in [4.69, 9.17) is 4.42 Å². The molecule has 0 saturated heterocycles. The third-order valence-corrected chi connectivity index (χ3v) is 3.18. The van der Waals surface area contributed by atoms with Crippen molar-refractivity contribution in [2.45, 2.75) is 33.7 Å². The third-order valence-electron chi connectivity index (χ3n) is 3.18. The highest BCUT2D eigenvalue weighted by Gasteiger charge is 2.20. The Bertz CT molecular complexity index is 464. The van der Waals surface area contributed by atoms with E-state index in [1.807, 2.05) is 13.8 Å². The van der Waals surface area contributed by atoms with Gasteiger partial charge in [0.1, 0.15) is 17.1 Å². The van der Waals surface area contributed by atoms with Crippen molar-refractivity contribution >= 4 is 11.9 Å². The Morgan fingerprint density at radius 3 is 2.63 bits per heavy atom. The minimum atomic E-state index is -0.427. The molecule has 0 aliphatic heterocycles. The summed E-state index contributed by atoms with van der Waals surface area (Å²) in [4.78, 5) is 25.0. The Hall–Kier alpha value is -1.78. The van der Waals surface area contributed by atoms with Crippen LogP contribution < -0.4 is 0 Å². The van der Waals surface area contributed by atoms with Crippen molar-refractivity contribution in [3.05, 3.63) is 23.2 Å². The molecule has 1 atom stereocenters. The maximum Gasteiger partial charge on any atom is 0.341 e. The zero-order chi connectivity index (χ0) is 14.6. The van der Waals surface area contributed by atoms with E-state index < -0.39 is 5.97 Å². The highest BCUT2D eigenvalue weighted by atomic mass is 16.5. The molecule has 0 radical (unpaired) electrons. The van der Waals surface area contributed by atoms with E-state index in [1.54, 1.807) is 24.9 Å². The summed E-state index contributed by atoms with van der Waals surface area (Å²) in [7, 11) is 3.05. The van der Waals surface area contributed by atoms with Crippen LogP contribution in [0.5, 0.6) is 0 Å². The van der Waals surface area contributed by atoms with Gasteiger partial charge in [-0.3, -0.25) is 4.79 Å². The Balaban J connectivity index is 2.78. The lowest BCUT2D eigenvalue weighted by Crippen LogP contribution is -2.30. The van der Waals surface area contributed by atoms with Gasteiger partial charge < -0.3 is 14.1 Å². The molecule has 0 bridgehead atoms. The van der Waals surface area contributed by atoms with Crippen molar-refractivity contribution in [1.29, 1.82) is 0 Å². The summed E-state index contributed by atoms with van der Waals surface area (Å²) in [5.74, 6) is 0.712. The molecule has 1 heterocycles. The van der Waals surface area contributed by atoms with E-state index in [0.717, 1.165) is 6.42 Å². The standard InChI is InChI=1S/C14H21NO4/c1-6-9(2)13(16)15(4)8-11-7-12(10(3)19-11)14(17)18-5/h7,9H,6,8H2,1-5H3. The van der Waals surface area contributed by atoms with Gasteiger partial charge in [0, 0.05) is 13.0 Å². The fourth-order valence-corrected chi connectivity index (χ4v) is 1.80. The Labute approximate surface area is 113 Å². The van der Waals surface area contributed by atoms with Crippen LogP contribution >= 0.6 is 0 Å². The van der Waals surface area contributed by atoms with Crippen LogP contribution in [-0.4, -0.2) is 30.9 Å². The Morgan fingerprint density at radius 1 is 1.47 bits per heavy atom. The van der Waals surface area contributed by atoms with Crippen LogP contribution in [0, 0.1) is 12.8 Å². The van der Waals surface area contributed by atoms with Crippen molar-refractivity contribution in [2.24, 2.45) is 5.92 Å². The number of nitrogens with zero attached hydrogens (tertiary/aromatic N) is 1. The summed E-state index contributed by atoms with van der Waals surface area (Å²) in [5.41, 5.74) is 0.405. The number of methoxy groups -OCH3 is 1. The van der Waals surface area contributed by atoms with Gasteiger partial charge in [-0.15, -0.1) is 0 Å². The molecule has 0 N–H and O–H groups in total. The highest BCUT2D eigenvalue weighted by Crippen LogP contribution is 2.18. The van der Waals surface area contributed by atoms with Gasteiger partial charge in [0.25, 0.3) is 0 Å². The number of rotatable bonds is 5. The number of furan rings is 1. The zero-order valence-corrected chi connectivity index (χ0v) is 12.1. The summed E-state index contributed by atoms with van der Waals surface area (Å²) in [6.07, 6.45) is 0.799. The van der Waals surface area contributed by atoms with Crippen LogP contribution in [0.3, 0.4) is 0 Å². The molecule has 106 valence electrons. The zero-order valence-electron chi connectivity index (χ0n) is 12.1. The fourth-order valence-electron chi connectivity index (χ4n) is 1.80. The molecule has 0 aliphatic rings. The van der Waals surface area contributed by atoms with E-state index in [2.05, 4.69) is 4.74 Å². The molecular formula is C14H21NO4. The first-order chi connectivity index (χ1) is 8.90. The molecule has 19 heavy (non-hydrogen) atoms. The first-order valence-corrected chi connectivity index (χ1v) is 6.33. The van der Waals surface area contributed by atoms with Crippen molar-refractivity contribution < 1.29 is 18.7 Å². The van der Waals surface area contributed by atoms with Crippen LogP contribution in [0.15, 0.2) is 10.5 Å². The van der Waals surface area contributed by atoms with Crippen LogP contribution in [-0.2, 0) is 16.1 Å². The third kappa shape index (κ3) is 3.59. The second kappa shape index (κ2) is 6.41. The van der Waals surface area contributed by atoms with Crippen LogP contribution in [0.4, 0.5) is 0 Å². The van der Waals surface area contributed by atoms with Gasteiger partial charge in [-0.1, -0.05) is 13.8 Å². The average Bonchev–Trinajstić information content (AvgIpc) is 2.76. The van der Waals surface area contributed by atoms with Gasteiger partial charge >= 0.3 is 5.97 Å². The average molecular weight is 267 g/mol. The minimum absolute atomic E-state index is 0.0128. The summed E-state index contributed by atoms with van der Waals surface area (Å²) >= 11 is 0. The Morgan fingerprint density at radius 2 is 2.11 bits per heavy atom. The van der Waals surface area contributed by atoms with Crippen LogP contribution in [0.1, 0.15) is 42.1 Å². The molecule has 1 unspecified atom stereocenters. The van der Waals surface area contributed by atoms with Gasteiger partial charge in [-0.25, -0.2) is 4.79 Å². The quantitative estimate of drug-likeness (QED) is 0.768. The van der Waals surface area contributed by atoms with Gasteiger partial charge in [0.2, 0.25) is 5.91 Å². The second-order valence-corrected chi connectivity index (χ2v) is 4.68. The van der Waals surface area contributed by atoms with Crippen LogP contribution in [0.2, 0.25) is 0 Å². The van der Waals surface area contributed by atoms with Crippen molar-refractivity contribution in [1.82, 2.24) is 4.90 Å². The van der Waals surface area contributed by atoms with Gasteiger partial charge in [-0.2, -0.15) is 0 Å². The summed E-state index contributed by atoms with van der Waals surface area (Å²) in [6, 6.07) is 1.63. The molecule has 0 spiro atoms. The highest BCUT2D eigenvalue weighted by molar-refractivity contribution is 5.90. The lowest BCUT2D eigenvalue weighted by atomic mass is 10.1. The molecule has 0 saturated carbocycles. The largest absolute Gasteiger partial charge is 0.465 e. The summed E-state index contributed by atoms with van der Waals surface area (Å²) in [6.45, 7) is 5.92. The number of esters is 1. The van der Waals surface area contributed by atoms with E-state index >= 15 is 0 Å². The van der Waals surface area contributed by atoms with E-state index in [-0.39, 0.29) is 11.8 Å². The molecular weight excluding hydrogens is 246 g/mol. The van der Waals surface area contributed by atoms with Crippen molar-refractivity contribution in [3.8, 4) is 0 Å². The number of hydrogen-bond donors (Lipinski definition) is 0. The molecule has 5 nitrogen and oxygen atoms in total. The summed E-state index contributed by atoms with van der Waals surface area (Å²) < 4.78 is 10.1. The number of carbonyl (C=O) groups is 2. The molecule has 1 rings (SSSR count). The van der Waals surface area contributed by atoms with Crippen molar-refractivity contribution in [2.75, 3.05) is 14.2 Å². The molecule has 0 aromatic carbocycles. The number of amides is 1. The predicted octanol–water partition coefficient (Wildman–Crippen LogP) is 2.38. The minimum Gasteiger partial charge on any atom is -0.465 e. The number of ether oxygens (including phenoxy) is 1. The number of carbonyl (C=O) groups excluding carboxylic acids is 2. The second-order valence-electron chi connectivity index (χ2n) is 4.68. The lowest BCUT2D eigenvalue weighted by molar-refractivity contribution is -0.134. The van der Waals surface area contributed by atoms with E-state index in [0.29, 0.717) is 23.6 Å².